The molecule has 0 aromatic heterocycles. The van der Waals surface area contributed by atoms with Gasteiger partial charge in [-0.3, -0.25) is 14.3 Å². The Morgan fingerprint density at radius 1 is 0.967 bits per heavy atom. The number of esters is 2. The number of methoxy groups -OCH3 is 4. The Balaban J connectivity index is 2.39. The number of hydrogen-bond acceptors (Lipinski definition) is 11. The lowest BCUT2D eigenvalue weighted by Gasteiger charge is -2.26. The first kappa shape index (κ1) is 23.1. The Kier molecular flexibility index (Phi) is 7.35. The van der Waals surface area contributed by atoms with E-state index in [9.17, 15) is 9.59 Å². The molecular formula is C19H22N2O9. The summed E-state index contributed by atoms with van der Waals surface area (Å²) < 4.78 is 36.5. The van der Waals surface area contributed by atoms with Crippen molar-refractivity contribution in [3.05, 3.63) is 42.2 Å². The molecule has 0 saturated heterocycles. The van der Waals surface area contributed by atoms with Gasteiger partial charge in [0, 0.05) is 7.11 Å². The van der Waals surface area contributed by atoms with Crippen molar-refractivity contribution in [2.45, 2.75) is 25.7 Å². The fraction of sp³-hybridized carbons (Fsp3) is 0.421. The molecule has 1 aromatic carbocycles. The zero-order valence-corrected chi connectivity index (χ0v) is 17.4. The highest BCUT2D eigenvalue weighted by Crippen LogP contribution is 2.38. The van der Waals surface area contributed by atoms with Gasteiger partial charge >= 0.3 is 18.0 Å². The molecule has 2 radical (unpaired) electrons. The van der Waals surface area contributed by atoms with Crippen molar-refractivity contribution in [3.8, 4) is 11.5 Å². The zero-order valence-electron chi connectivity index (χ0n) is 17.4. The van der Waals surface area contributed by atoms with Gasteiger partial charge in [0.25, 0.3) is 5.95 Å². The number of para-hydroxylation sites is 2. The molecule has 1 aromatic rings. The van der Waals surface area contributed by atoms with E-state index in [4.69, 9.17) is 23.7 Å². The molecule has 2 rings (SSSR count). The molecule has 0 saturated carbocycles. The number of ether oxygens (including phenoxy) is 7. The Bertz CT molecular complexity index is 850. The molecule has 1 aliphatic rings. The Labute approximate surface area is 173 Å². The molecule has 11 heteroatoms. The first-order chi connectivity index (χ1) is 14.2. The number of rotatable bonds is 9. The van der Waals surface area contributed by atoms with Gasteiger partial charge in [-0.15, -0.1) is 0 Å². The maximum Gasteiger partial charge on any atom is 0.462 e. The normalized spacial score (nSPS) is 20.2. The van der Waals surface area contributed by atoms with Crippen molar-refractivity contribution in [1.29, 1.82) is 0 Å². The average Bonchev–Trinajstić information content (AvgIpc) is 3.05. The lowest BCUT2D eigenvalue weighted by molar-refractivity contribution is -0.339. The molecule has 0 N–H and O–H groups in total. The van der Waals surface area contributed by atoms with Crippen LogP contribution in [0.3, 0.4) is 0 Å². The van der Waals surface area contributed by atoms with E-state index in [0.717, 1.165) is 14.2 Å². The van der Waals surface area contributed by atoms with E-state index in [0.29, 0.717) is 0 Å². The van der Waals surface area contributed by atoms with E-state index in [-0.39, 0.29) is 17.4 Å². The van der Waals surface area contributed by atoms with Crippen LogP contribution < -0.4 is 9.47 Å². The summed E-state index contributed by atoms with van der Waals surface area (Å²) in [5, 5.41) is 7.87. The van der Waals surface area contributed by atoms with Crippen LogP contribution in [0.25, 0.3) is 0 Å². The summed E-state index contributed by atoms with van der Waals surface area (Å²) in [6, 6.07) is 6.36. The molecule has 1 aliphatic heterocycles. The number of carbonyl (C=O) groups is 2. The zero-order chi connectivity index (χ0) is 22.4. The van der Waals surface area contributed by atoms with Crippen LogP contribution in [0.15, 0.2) is 46.0 Å². The van der Waals surface area contributed by atoms with Crippen molar-refractivity contribution >= 4 is 11.9 Å². The summed E-state index contributed by atoms with van der Waals surface area (Å²) in [6.07, 6.45) is 0.343. The standard InChI is InChI=1S/C19H22N2O9/c1-18(2)20-21-19(27-6,30-18)29-14-10-8-7-9-13(14)28-17(26-5)12(16(23)25-4)11-15(22)24-3/h7-10H,1-6H3/b17-12-. The van der Waals surface area contributed by atoms with Gasteiger partial charge in [-0.1, -0.05) is 17.2 Å². The molecule has 0 amide bonds. The SMILES string of the molecule is COC(=O)[C]/C(C(=O)OC)=C(\OC)Oc1ccccc1OC1(OC)N=NC(C)(C)O1. The molecule has 0 aliphatic carbocycles. The minimum absolute atomic E-state index is 0.0855. The number of hydrogen-bond donors (Lipinski definition) is 0. The number of azo groups is 1. The molecule has 0 bridgehead atoms. The Morgan fingerprint density at radius 2 is 1.63 bits per heavy atom. The van der Waals surface area contributed by atoms with E-state index in [1.165, 1.54) is 20.3 Å². The van der Waals surface area contributed by atoms with E-state index in [1.54, 1.807) is 32.0 Å². The lowest BCUT2D eigenvalue weighted by Crippen LogP contribution is -2.40. The van der Waals surface area contributed by atoms with Crippen molar-refractivity contribution in [2.24, 2.45) is 10.2 Å². The van der Waals surface area contributed by atoms with E-state index >= 15 is 0 Å². The first-order valence-electron chi connectivity index (χ1n) is 8.56. The van der Waals surface area contributed by atoms with Gasteiger partial charge < -0.3 is 23.7 Å². The summed E-state index contributed by atoms with van der Waals surface area (Å²) in [7, 11) is 4.81. The second-order valence-electron chi connectivity index (χ2n) is 6.10. The van der Waals surface area contributed by atoms with Crippen LogP contribution >= 0.6 is 0 Å². The van der Waals surface area contributed by atoms with Gasteiger partial charge in [-0.05, 0) is 26.0 Å². The minimum Gasteiger partial charge on any atom is -0.468 e. The number of benzene rings is 1. The third-order valence-electron chi connectivity index (χ3n) is 3.53. The monoisotopic (exact) mass is 422 g/mol. The Hall–Kier alpha value is -3.18. The first-order valence-corrected chi connectivity index (χ1v) is 8.56. The Morgan fingerprint density at radius 3 is 2.13 bits per heavy atom. The third-order valence-corrected chi connectivity index (χ3v) is 3.53. The van der Waals surface area contributed by atoms with Crippen molar-refractivity contribution in [2.75, 3.05) is 28.4 Å². The van der Waals surface area contributed by atoms with Crippen molar-refractivity contribution in [3.63, 3.8) is 0 Å². The van der Waals surface area contributed by atoms with E-state index in [1.807, 2.05) is 0 Å². The molecule has 11 nitrogen and oxygen atoms in total. The minimum atomic E-state index is -1.84. The molecule has 1 unspecified atom stereocenters. The predicted molar refractivity (Wildman–Crippen MR) is 98.8 cm³/mol. The predicted octanol–water partition coefficient (Wildman–Crippen LogP) is 2.21. The molecule has 162 valence electrons. The summed E-state index contributed by atoms with van der Waals surface area (Å²) in [5.74, 6) is -2.05. The van der Waals surface area contributed by atoms with Crippen LogP contribution in [0, 0.1) is 6.42 Å². The van der Waals surface area contributed by atoms with E-state index < -0.39 is 29.3 Å². The van der Waals surface area contributed by atoms with Crippen LogP contribution in [-0.2, 0) is 33.3 Å². The molecule has 1 atom stereocenters. The summed E-state index contributed by atoms with van der Waals surface area (Å²) in [5.41, 5.74) is -1.40. The topological polar surface area (TPSA) is 123 Å². The van der Waals surface area contributed by atoms with Gasteiger partial charge in [0.1, 0.15) is 5.57 Å². The fourth-order valence-electron chi connectivity index (χ4n) is 2.20. The second kappa shape index (κ2) is 9.55. The fourth-order valence-corrected chi connectivity index (χ4v) is 2.20. The molecule has 1 heterocycles. The maximum absolute atomic E-state index is 12.1. The largest absolute Gasteiger partial charge is 0.468 e. The lowest BCUT2D eigenvalue weighted by atomic mass is 10.2. The highest BCUT2D eigenvalue weighted by atomic mass is 16.9. The van der Waals surface area contributed by atoms with Gasteiger partial charge in [0.2, 0.25) is 0 Å². The smallest absolute Gasteiger partial charge is 0.462 e. The van der Waals surface area contributed by atoms with Crippen LogP contribution in [0.4, 0.5) is 0 Å². The maximum atomic E-state index is 12.1. The summed E-state index contributed by atoms with van der Waals surface area (Å²) in [4.78, 5) is 23.7. The summed E-state index contributed by atoms with van der Waals surface area (Å²) >= 11 is 0. The van der Waals surface area contributed by atoms with Gasteiger partial charge in [0.05, 0.1) is 21.3 Å². The highest BCUT2D eigenvalue weighted by Gasteiger charge is 2.47. The second-order valence-corrected chi connectivity index (χ2v) is 6.10. The van der Waals surface area contributed by atoms with Crippen LogP contribution in [0.2, 0.25) is 0 Å². The number of nitrogens with zero attached hydrogens (tertiary/aromatic N) is 2. The average molecular weight is 422 g/mol. The third kappa shape index (κ3) is 5.45. The molecule has 0 spiro atoms. The van der Waals surface area contributed by atoms with Crippen LogP contribution in [0.5, 0.6) is 11.5 Å². The summed E-state index contributed by atoms with van der Waals surface area (Å²) in [6.45, 7) is 3.35. The highest BCUT2D eigenvalue weighted by molar-refractivity contribution is 6.00. The van der Waals surface area contributed by atoms with Crippen molar-refractivity contribution < 1.29 is 42.7 Å². The molecular weight excluding hydrogens is 400 g/mol. The quantitative estimate of drug-likeness (QED) is 0.255. The van der Waals surface area contributed by atoms with Crippen molar-refractivity contribution in [1.82, 2.24) is 0 Å². The molecule has 0 fully saturated rings. The number of carbonyl (C=O) groups excluding carboxylic acids is 2. The van der Waals surface area contributed by atoms with Gasteiger partial charge in [0.15, 0.2) is 23.6 Å². The van der Waals surface area contributed by atoms with Crippen LogP contribution in [-0.4, -0.2) is 52.2 Å². The van der Waals surface area contributed by atoms with Gasteiger partial charge in [-0.25, -0.2) is 4.79 Å². The van der Waals surface area contributed by atoms with Crippen LogP contribution in [0.1, 0.15) is 13.8 Å². The van der Waals surface area contributed by atoms with Gasteiger partial charge in [-0.2, -0.15) is 5.11 Å². The molecule has 30 heavy (non-hydrogen) atoms. The van der Waals surface area contributed by atoms with E-state index in [2.05, 4.69) is 26.1 Å².